The van der Waals surface area contributed by atoms with Gasteiger partial charge in [0.05, 0.1) is 0 Å². The lowest BCUT2D eigenvalue weighted by Crippen LogP contribution is -2.44. The summed E-state index contributed by atoms with van der Waals surface area (Å²) in [7, 11) is 0. The molecule has 0 amide bonds. The van der Waals surface area contributed by atoms with Gasteiger partial charge in [0.1, 0.15) is 6.10 Å². The lowest BCUT2D eigenvalue weighted by Gasteiger charge is -2.43. The van der Waals surface area contributed by atoms with Gasteiger partial charge < -0.3 is 4.74 Å². The zero-order valence-electron chi connectivity index (χ0n) is 17.7. The Morgan fingerprint density at radius 3 is 2.57 bits per heavy atom. The number of hydrogen-bond acceptors (Lipinski definition) is 4. The second-order valence-corrected chi connectivity index (χ2v) is 8.43. The molecule has 0 saturated heterocycles. The van der Waals surface area contributed by atoms with E-state index in [1.165, 1.54) is 11.6 Å². The molecule has 2 aromatic rings. The Balaban J connectivity index is 1.75. The average molecular weight is 404 g/mol. The zero-order chi connectivity index (χ0) is 21.6. The third-order valence-electron chi connectivity index (χ3n) is 6.18. The first-order valence-corrected chi connectivity index (χ1v) is 10.4. The summed E-state index contributed by atoms with van der Waals surface area (Å²) in [4.78, 5) is 28.9. The van der Waals surface area contributed by atoms with E-state index in [4.69, 9.17) is 4.74 Å². The van der Waals surface area contributed by atoms with Crippen molar-refractivity contribution in [2.24, 2.45) is 11.8 Å². The number of aromatic nitrogens is 1. The van der Waals surface area contributed by atoms with Crippen molar-refractivity contribution in [3.8, 4) is 0 Å². The molecule has 4 nitrogen and oxygen atoms in total. The van der Waals surface area contributed by atoms with Crippen LogP contribution in [0.1, 0.15) is 44.2 Å². The van der Waals surface area contributed by atoms with Crippen LogP contribution in [0.5, 0.6) is 0 Å². The van der Waals surface area contributed by atoms with Crippen molar-refractivity contribution < 1.29 is 14.3 Å². The van der Waals surface area contributed by atoms with Crippen LogP contribution in [0, 0.1) is 11.8 Å². The van der Waals surface area contributed by atoms with Gasteiger partial charge in [0.2, 0.25) is 0 Å². The highest BCUT2D eigenvalue weighted by Crippen LogP contribution is 2.44. The van der Waals surface area contributed by atoms with Crippen LogP contribution >= 0.6 is 0 Å². The molecule has 0 bridgehead atoms. The Hall–Kier alpha value is -3.01. The van der Waals surface area contributed by atoms with E-state index >= 15 is 0 Å². The monoisotopic (exact) mass is 403 g/mol. The van der Waals surface area contributed by atoms with Crippen LogP contribution in [0.15, 0.2) is 73.6 Å². The van der Waals surface area contributed by atoms with Crippen molar-refractivity contribution in [3.63, 3.8) is 0 Å². The van der Waals surface area contributed by atoms with Crippen molar-refractivity contribution in [1.82, 2.24) is 4.98 Å². The van der Waals surface area contributed by atoms with Crippen molar-refractivity contribution in [3.05, 3.63) is 84.7 Å². The minimum absolute atomic E-state index is 0.121. The number of benzene rings is 1. The highest BCUT2D eigenvalue weighted by molar-refractivity contribution is 6.39. The molecule has 1 fully saturated rings. The van der Waals surface area contributed by atoms with Crippen LogP contribution in [0.2, 0.25) is 0 Å². The maximum atomic E-state index is 12.6. The minimum Gasteiger partial charge on any atom is -0.456 e. The molecule has 1 aliphatic rings. The minimum atomic E-state index is -0.807. The van der Waals surface area contributed by atoms with E-state index in [9.17, 15) is 9.59 Å². The molecule has 0 spiro atoms. The molecule has 1 aliphatic carbocycles. The zero-order valence-corrected chi connectivity index (χ0v) is 17.7. The van der Waals surface area contributed by atoms with Crippen LogP contribution in [0.4, 0.5) is 0 Å². The lowest BCUT2D eigenvalue weighted by molar-refractivity contribution is -0.161. The van der Waals surface area contributed by atoms with Gasteiger partial charge in [0, 0.05) is 18.3 Å². The molecule has 1 heterocycles. The van der Waals surface area contributed by atoms with Gasteiger partial charge in [-0.05, 0) is 59.9 Å². The smallest absolute Gasteiger partial charge is 0.379 e. The van der Waals surface area contributed by atoms with E-state index in [0.717, 1.165) is 18.4 Å². The number of ketones is 1. The van der Waals surface area contributed by atoms with Gasteiger partial charge in [-0.15, -0.1) is 6.58 Å². The topological polar surface area (TPSA) is 56.3 Å². The van der Waals surface area contributed by atoms with Gasteiger partial charge in [0.25, 0.3) is 5.78 Å². The average Bonchev–Trinajstić information content (AvgIpc) is 2.78. The number of esters is 1. The second kappa shape index (κ2) is 9.66. The van der Waals surface area contributed by atoms with Crippen LogP contribution in [0.25, 0.3) is 6.08 Å². The quantitative estimate of drug-likeness (QED) is 0.277. The van der Waals surface area contributed by atoms with E-state index < -0.39 is 11.8 Å². The molecular weight excluding hydrogens is 374 g/mol. The normalized spacial score (nSPS) is 21.9. The summed E-state index contributed by atoms with van der Waals surface area (Å²) in [5.74, 6) is -1.06. The highest BCUT2D eigenvalue weighted by atomic mass is 16.5. The molecule has 1 aromatic heterocycles. The molecular formula is C26H29NO3. The van der Waals surface area contributed by atoms with Crippen molar-refractivity contribution in [2.45, 2.75) is 44.6 Å². The summed E-state index contributed by atoms with van der Waals surface area (Å²) >= 11 is 0. The van der Waals surface area contributed by atoms with Crippen molar-refractivity contribution >= 4 is 17.8 Å². The third kappa shape index (κ3) is 5.12. The molecule has 0 radical (unpaired) electrons. The summed E-state index contributed by atoms with van der Waals surface area (Å²) in [6.07, 6.45) is 10.3. The molecule has 4 heteroatoms. The first-order chi connectivity index (χ1) is 14.4. The fourth-order valence-electron chi connectivity index (χ4n) is 4.32. The van der Waals surface area contributed by atoms with Gasteiger partial charge >= 0.3 is 5.97 Å². The van der Waals surface area contributed by atoms with Crippen LogP contribution in [-0.4, -0.2) is 22.8 Å². The molecule has 0 N–H and O–H groups in total. The van der Waals surface area contributed by atoms with E-state index in [1.54, 1.807) is 24.5 Å². The first-order valence-electron chi connectivity index (χ1n) is 10.4. The van der Waals surface area contributed by atoms with Gasteiger partial charge in [-0.3, -0.25) is 9.78 Å². The Bertz CT molecular complexity index is 902. The van der Waals surface area contributed by atoms with Gasteiger partial charge in [-0.25, -0.2) is 4.79 Å². The van der Waals surface area contributed by atoms with Gasteiger partial charge in [0.15, 0.2) is 0 Å². The highest BCUT2D eigenvalue weighted by Gasteiger charge is 2.42. The van der Waals surface area contributed by atoms with Gasteiger partial charge in [-0.1, -0.05) is 56.3 Å². The number of hydrogen-bond donors (Lipinski definition) is 0. The van der Waals surface area contributed by atoms with Crippen LogP contribution in [-0.2, 0) is 19.7 Å². The number of allylic oxidation sites excluding steroid dienone is 1. The summed E-state index contributed by atoms with van der Waals surface area (Å²) in [6, 6.07) is 13.9. The lowest BCUT2D eigenvalue weighted by atomic mass is 9.64. The Labute approximate surface area is 178 Å². The number of ether oxygens (including phenoxy) is 1. The molecule has 1 saturated carbocycles. The predicted octanol–water partition coefficient (Wildman–Crippen LogP) is 5.16. The number of pyridine rings is 1. The molecule has 3 rings (SSSR count). The van der Waals surface area contributed by atoms with E-state index in [2.05, 4.69) is 37.5 Å². The Morgan fingerprint density at radius 2 is 1.90 bits per heavy atom. The van der Waals surface area contributed by atoms with E-state index in [-0.39, 0.29) is 23.4 Å². The summed E-state index contributed by atoms with van der Waals surface area (Å²) in [6.45, 7) is 8.29. The Morgan fingerprint density at radius 1 is 1.13 bits per heavy atom. The molecule has 156 valence electrons. The maximum absolute atomic E-state index is 12.6. The number of rotatable bonds is 7. The number of carbonyl (C=O) groups is 2. The third-order valence-corrected chi connectivity index (χ3v) is 6.18. The number of nitrogens with zero attached hydrogens (tertiary/aromatic N) is 1. The first kappa shape index (κ1) is 21.7. The van der Waals surface area contributed by atoms with E-state index in [1.807, 2.05) is 30.3 Å². The van der Waals surface area contributed by atoms with Crippen LogP contribution in [0.3, 0.4) is 0 Å². The van der Waals surface area contributed by atoms with Crippen LogP contribution < -0.4 is 0 Å². The fourth-order valence-corrected chi connectivity index (χ4v) is 4.32. The van der Waals surface area contributed by atoms with Gasteiger partial charge in [-0.2, -0.15) is 0 Å². The molecule has 0 aliphatic heterocycles. The standard InChI is InChI=1S/C26H29NO3/c1-4-19-12-14-22(26(2,3)21-10-6-5-7-11-21)24(17-19)30-25(29)23(28)15-13-20-9-8-16-27-18-20/h4-11,13,15-16,18-19,22,24H,1,12,14,17H2,2-3H3/b15-13+/t19?,22-,24-/m1/s1. The second-order valence-electron chi connectivity index (χ2n) is 8.43. The maximum Gasteiger partial charge on any atom is 0.379 e. The summed E-state index contributed by atoms with van der Waals surface area (Å²) in [5.41, 5.74) is 1.77. The molecule has 1 unspecified atom stereocenters. The van der Waals surface area contributed by atoms with E-state index in [0.29, 0.717) is 6.42 Å². The molecule has 1 aromatic carbocycles. The van der Waals surface area contributed by atoms with Crippen molar-refractivity contribution in [1.29, 1.82) is 0 Å². The molecule has 3 atom stereocenters. The summed E-state index contributed by atoms with van der Waals surface area (Å²) < 4.78 is 5.79. The molecule has 30 heavy (non-hydrogen) atoms. The predicted molar refractivity (Wildman–Crippen MR) is 119 cm³/mol. The van der Waals surface area contributed by atoms with Crippen molar-refractivity contribution in [2.75, 3.05) is 0 Å². The SMILES string of the molecule is C=CC1CC[C@@H](C(C)(C)c2ccccc2)[C@H](OC(=O)C(=O)/C=C/c2cccnc2)C1. The fraction of sp³-hybridized carbons (Fsp3) is 0.346. The summed E-state index contributed by atoms with van der Waals surface area (Å²) in [5, 5.41) is 0. The Kier molecular flexibility index (Phi) is 6.99. The largest absolute Gasteiger partial charge is 0.456 e. The number of carbonyl (C=O) groups excluding carboxylic acids is 2.